The molecule has 16 heavy (non-hydrogen) atoms. The molecule has 1 N–H and O–H groups in total. The molecular weight excluding hydrogens is 208 g/mol. The van der Waals surface area contributed by atoms with Crippen LogP contribution >= 0.6 is 0 Å². The van der Waals surface area contributed by atoms with E-state index in [1.807, 2.05) is 0 Å². The van der Waals surface area contributed by atoms with E-state index < -0.39 is 5.97 Å². The van der Waals surface area contributed by atoms with Gasteiger partial charge < -0.3 is 5.11 Å². The molecule has 2 aromatic heterocycles. The van der Waals surface area contributed by atoms with Gasteiger partial charge in [0.05, 0.1) is 0 Å². The van der Waals surface area contributed by atoms with E-state index in [9.17, 15) is 4.79 Å². The van der Waals surface area contributed by atoms with Gasteiger partial charge in [-0.2, -0.15) is 4.68 Å². The van der Waals surface area contributed by atoms with E-state index in [-0.39, 0.29) is 11.4 Å². The lowest BCUT2D eigenvalue weighted by atomic mass is 10.2. The van der Waals surface area contributed by atoms with E-state index in [0.717, 1.165) is 0 Å². The second-order valence-corrected chi connectivity index (χ2v) is 3.30. The predicted molar refractivity (Wildman–Crippen MR) is 55.6 cm³/mol. The Balaban J connectivity index is 2.64. The summed E-state index contributed by atoms with van der Waals surface area (Å²) in [5, 5.41) is 13.1. The number of nitrogens with zero attached hydrogens (tertiary/aromatic N) is 4. The van der Waals surface area contributed by atoms with Gasteiger partial charge in [-0.25, -0.2) is 14.8 Å². The van der Waals surface area contributed by atoms with E-state index >= 15 is 0 Å². The fourth-order valence-electron chi connectivity index (χ4n) is 1.45. The summed E-state index contributed by atoms with van der Waals surface area (Å²) < 4.78 is 1.43. The third-order valence-electron chi connectivity index (χ3n) is 2.09. The van der Waals surface area contributed by atoms with Crippen LogP contribution in [0.3, 0.4) is 0 Å². The molecule has 0 amide bonds. The average Bonchev–Trinajstić information content (AvgIpc) is 2.57. The number of carboxylic acids is 1. The van der Waals surface area contributed by atoms with E-state index in [0.29, 0.717) is 11.6 Å². The quantitative estimate of drug-likeness (QED) is 0.812. The van der Waals surface area contributed by atoms with E-state index in [4.69, 9.17) is 5.11 Å². The van der Waals surface area contributed by atoms with Crippen molar-refractivity contribution in [2.75, 3.05) is 0 Å². The van der Waals surface area contributed by atoms with Gasteiger partial charge in [0.25, 0.3) is 0 Å². The van der Waals surface area contributed by atoms with Crippen LogP contribution in [-0.2, 0) is 0 Å². The molecule has 2 aromatic rings. The van der Waals surface area contributed by atoms with E-state index in [1.54, 1.807) is 19.9 Å². The topological polar surface area (TPSA) is 80.9 Å². The maximum Gasteiger partial charge on any atom is 0.339 e. The van der Waals surface area contributed by atoms with Crippen molar-refractivity contribution in [3.63, 3.8) is 0 Å². The fraction of sp³-hybridized carbons (Fsp3) is 0.200. The zero-order valence-corrected chi connectivity index (χ0v) is 8.88. The van der Waals surface area contributed by atoms with Crippen LogP contribution in [0.5, 0.6) is 0 Å². The Hall–Kier alpha value is -2.24. The molecule has 0 saturated heterocycles. The average molecular weight is 218 g/mol. The number of carbonyl (C=O) groups is 1. The van der Waals surface area contributed by atoms with Crippen LogP contribution in [0.2, 0.25) is 0 Å². The van der Waals surface area contributed by atoms with Crippen LogP contribution in [-0.4, -0.2) is 30.8 Å². The molecule has 0 aliphatic carbocycles. The molecule has 0 fully saturated rings. The smallest absolute Gasteiger partial charge is 0.339 e. The maximum absolute atomic E-state index is 11.0. The first-order valence-corrected chi connectivity index (χ1v) is 4.68. The van der Waals surface area contributed by atoms with E-state index in [1.165, 1.54) is 16.9 Å². The number of carboxylic acid groups (broad SMARTS) is 1. The van der Waals surface area contributed by atoms with Gasteiger partial charge >= 0.3 is 5.97 Å². The highest BCUT2D eigenvalue weighted by atomic mass is 16.4. The highest BCUT2D eigenvalue weighted by Gasteiger charge is 2.15. The van der Waals surface area contributed by atoms with Gasteiger partial charge in [-0.1, -0.05) is 0 Å². The van der Waals surface area contributed by atoms with Gasteiger partial charge in [-0.3, -0.25) is 0 Å². The first-order chi connectivity index (χ1) is 7.59. The predicted octanol–water partition coefficient (Wildman–Crippen LogP) is 0.977. The van der Waals surface area contributed by atoms with Crippen LogP contribution in [0.25, 0.3) is 5.82 Å². The lowest BCUT2D eigenvalue weighted by Crippen LogP contribution is -2.10. The zero-order valence-electron chi connectivity index (χ0n) is 8.88. The SMILES string of the molecule is Cc1nc(C)n(-c2ncccc2C(=O)O)n1. The second-order valence-electron chi connectivity index (χ2n) is 3.30. The Bertz CT molecular complexity index is 548. The highest BCUT2D eigenvalue weighted by molar-refractivity contribution is 5.90. The molecule has 6 heteroatoms. The maximum atomic E-state index is 11.0. The van der Waals surface area contributed by atoms with Gasteiger partial charge in [0.1, 0.15) is 17.2 Å². The fourth-order valence-corrected chi connectivity index (χ4v) is 1.45. The van der Waals surface area contributed by atoms with Crippen LogP contribution in [0.15, 0.2) is 18.3 Å². The minimum absolute atomic E-state index is 0.107. The summed E-state index contributed by atoms with van der Waals surface area (Å²) in [6, 6.07) is 3.06. The van der Waals surface area contributed by atoms with Crippen molar-refractivity contribution >= 4 is 5.97 Å². The number of aromatic carboxylic acids is 1. The molecule has 0 aliphatic heterocycles. The summed E-state index contributed by atoms with van der Waals surface area (Å²) in [4.78, 5) is 19.1. The molecule has 0 aliphatic rings. The van der Waals surface area contributed by atoms with Crippen LogP contribution in [0, 0.1) is 13.8 Å². The summed E-state index contributed by atoms with van der Waals surface area (Å²) in [5.41, 5.74) is 0.107. The van der Waals surface area contributed by atoms with Crippen molar-refractivity contribution in [2.45, 2.75) is 13.8 Å². The van der Waals surface area contributed by atoms with Crippen LogP contribution in [0.1, 0.15) is 22.0 Å². The van der Waals surface area contributed by atoms with E-state index in [2.05, 4.69) is 15.1 Å². The van der Waals surface area contributed by atoms with Gasteiger partial charge in [-0.15, -0.1) is 5.10 Å². The van der Waals surface area contributed by atoms with Crippen LogP contribution in [0.4, 0.5) is 0 Å². The van der Waals surface area contributed by atoms with Crippen molar-refractivity contribution in [1.82, 2.24) is 19.7 Å². The third-order valence-corrected chi connectivity index (χ3v) is 2.09. The molecule has 0 unspecified atom stereocenters. The first-order valence-electron chi connectivity index (χ1n) is 4.68. The standard InChI is InChI=1S/C10H10N4O2/c1-6-12-7(2)14(13-6)9-8(10(15)16)4-3-5-11-9/h3-5H,1-2H3,(H,15,16). The largest absolute Gasteiger partial charge is 0.478 e. The second kappa shape index (κ2) is 3.73. The number of hydrogen-bond donors (Lipinski definition) is 1. The Kier molecular flexibility index (Phi) is 2.40. The normalized spacial score (nSPS) is 10.4. The Morgan fingerprint density at radius 3 is 2.75 bits per heavy atom. The van der Waals surface area contributed by atoms with Gasteiger partial charge in [-0.05, 0) is 26.0 Å². The monoisotopic (exact) mass is 218 g/mol. The Morgan fingerprint density at radius 1 is 1.44 bits per heavy atom. The van der Waals surface area contributed by atoms with Gasteiger partial charge in [0, 0.05) is 6.20 Å². The van der Waals surface area contributed by atoms with Crippen molar-refractivity contribution in [3.05, 3.63) is 35.5 Å². The molecule has 0 atom stereocenters. The number of aromatic nitrogens is 4. The molecule has 0 saturated carbocycles. The summed E-state index contributed by atoms with van der Waals surface area (Å²) >= 11 is 0. The van der Waals surface area contributed by atoms with Crippen molar-refractivity contribution in [2.24, 2.45) is 0 Å². The highest BCUT2D eigenvalue weighted by Crippen LogP contribution is 2.12. The molecule has 0 aromatic carbocycles. The molecule has 0 spiro atoms. The molecule has 2 rings (SSSR count). The summed E-state index contributed by atoms with van der Waals surface area (Å²) in [5.74, 6) is 0.446. The number of aryl methyl sites for hydroxylation is 2. The van der Waals surface area contributed by atoms with Gasteiger partial charge in [0.2, 0.25) is 0 Å². The molecular formula is C10H10N4O2. The zero-order chi connectivity index (χ0) is 11.7. The third kappa shape index (κ3) is 1.65. The molecule has 0 bridgehead atoms. The number of pyridine rings is 1. The van der Waals surface area contributed by atoms with Gasteiger partial charge in [0.15, 0.2) is 5.82 Å². The van der Waals surface area contributed by atoms with Crippen molar-refractivity contribution in [1.29, 1.82) is 0 Å². The molecule has 0 radical (unpaired) electrons. The molecule has 82 valence electrons. The number of rotatable bonds is 2. The van der Waals surface area contributed by atoms with Crippen molar-refractivity contribution in [3.8, 4) is 5.82 Å². The lowest BCUT2D eigenvalue weighted by molar-refractivity contribution is 0.0696. The Labute approximate surface area is 91.6 Å². The van der Waals surface area contributed by atoms with Crippen molar-refractivity contribution < 1.29 is 9.90 Å². The summed E-state index contributed by atoms with van der Waals surface area (Å²) in [6.45, 7) is 3.49. The minimum atomic E-state index is -1.03. The lowest BCUT2D eigenvalue weighted by Gasteiger charge is -2.04. The minimum Gasteiger partial charge on any atom is -0.478 e. The molecule has 2 heterocycles. The number of hydrogen-bond acceptors (Lipinski definition) is 4. The summed E-state index contributed by atoms with van der Waals surface area (Å²) in [6.07, 6.45) is 1.53. The van der Waals surface area contributed by atoms with Crippen LogP contribution < -0.4 is 0 Å². The first kappa shape index (κ1) is 10.3. The molecule has 6 nitrogen and oxygen atoms in total. The summed E-state index contributed by atoms with van der Waals surface area (Å²) in [7, 11) is 0. The Morgan fingerprint density at radius 2 is 2.19 bits per heavy atom.